The monoisotopic (exact) mass is 769 g/mol. The molecule has 12 rings (SSSR count). The number of aromatic nitrogens is 2. The highest BCUT2D eigenvalue weighted by Gasteiger charge is 2.21. The van der Waals surface area contributed by atoms with Gasteiger partial charge in [-0.3, -0.25) is 0 Å². The quantitative estimate of drug-likeness (QED) is 0.157. The van der Waals surface area contributed by atoms with Crippen molar-refractivity contribution in [2.75, 3.05) is 18.1 Å². The summed E-state index contributed by atoms with van der Waals surface area (Å²) in [5.74, 6) is 0. The van der Waals surface area contributed by atoms with Crippen molar-refractivity contribution in [3.8, 4) is 16.8 Å². The zero-order valence-electron chi connectivity index (χ0n) is 32.9. The maximum Gasteiger partial charge on any atom is 0.0674 e. The van der Waals surface area contributed by atoms with Crippen LogP contribution >= 0.6 is 0 Å². The fourth-order valence-corrected chi connectivity index (χ4v) is 9.43. The summed E-state index contributed by atoms with van der Waals surface area (Å²) in [7, 11) is 0. The average molecular weight is 770 g/mol. The topological polar surface area (TPSA) is 22.3 Å². The standard InChI is InChI=1S/C56H39N3O/c1-3-12-38(13-4-1)39-23-26-44(27-24-39)57(45-28-25-41-22-21-40-14-7-8-18-47(40)49(41)34-45)46-29-30-54-50(35-46)52-37-55-51(36-56(52)58(54)42-15-5-2-6-16-42)48-19-9-10-20-53(48)59(55)43-17-11-32-60-33-31-43/h1-31,34-37H,32-33H2. The van der Waals surface area contributed by atoms with Crippen LogP contribution in [0.4, 0.5) is 17.1 Å². The van der Waals surface area contributed by atoms with Gasteiger partial charge in [0.05, 0.1) is 35.3 Å². The number of nitrogens with zero attached hydrogens (tertiary/aromatic N) is 3. The lowest BCUT2D eigenvalue weighted by atomic mass is 10.0. The number of benzene rings is 9. The molecule has 2 aromatic heterocycles. The summed E-state index contributed by atoms with van der Waals surface area (Å²) >= 11 is 0. The Hall–Kier alpha value is -7.66. The Balaban J connectivity index is 1.13. The number of fused-ring (bicyclic) bond motifs is 9. The summed E-state index contributed by atoms with van der Waals surface area (Å²) in [5.41, 5.74) is 12.6. The minimum atomic E-state index is 0.571. The zero-order valence-corrected chi connectivity index (χ0v) is 32.9. The number of ether oxygens (including phenoxy) is 1. The highest BCUT2D eigenvalue weighted by atomic mass is 16.5. The summed E-state index contributed by atoms with van der Waals surface area (Å²) < 4.78 is 10.7. The molecule has 0 atom stereocenters. The van der Waals surface area contributed by atoms with Gasteiger partial charge in [-0.25, -0.2) is 0 Å². The maximum atomic E-state index is 5.82. The van der Waals surface area contributed by atoms with Crippen molar-refractivity contribution >= 4 is 87.9 Å². The van der Waals surface area contributed by atoms with Crippen LogP contribution in [0.3, 0.4) is 0 Å². The lowest BCUT2D eigenvalue weighted by molar-refractivity contribution is 0.195. The Morgan fingerprint density at radius 1 is 0.383 bits per heavy atom. The van der Waals surface area contributed by atoms with E-state index >= 15 is 0 Å². The van der Waals surface area contributed by atoms with Gasteiger partial charge < -0.3 is 18.8 Å². The van der Waals surface area contributed by atoms with Crippen LogP contribution in [0.5, 0.6) is 0 Å². The predicted octanol–water partition coefficient (Wildman–Crippen LogP) is 14.8. The van der Waals surface area contributed by atoms with Crippen LogP contribution in [-0.2, 0) is 4.74 Å². The Morgan fingerprint density at radius 2 is 0.950 bits per heavy atom. The second-order valence-electron chi connectivity index (χ2n) is 15.6. The molecule has 0 spiro atoms. The smallest absolute Gasteiger partial charge is 0.0674 e. The highest BCUT2D eigenvalue weighted by Crippen LogP contribution is 2.44. The Labute approximate surface area is 347 Å². The van der Waals surface area contributed by atoms with Gasteiger partial charge in [0.1, 0.15) is 0 Å². The number of allylic oxidation sites excluding steroid dienone is 2. The SMILES string of the molecule is C1=CC(n2c3ccccc3c3cc4c(cc32)c2cc(N(c3ccc(-c5ccccc5)cc3)c3ccc5ccc6ccccc6c5c3)ccc2n4-c2ccccc2)=CCOC1. The summed E-state index contributed by atoms with van der Waals surface area (Å²) in [6.07, 6.45) is 6.50. The third-order valence-electron chi connectivity index (χ3n) is 12.2. The molecule has 4 nitrogen and oxygen atoms in total. The van der Waals surface area contributed by atoms with Crippen LogP contribution in [0.15, 0.2) is 212 Å². The van der Waals surface area contributed by atoms with E-state index in [1.807, 2.05) is 0 Å². The molecule has 3 heterocycles. The molecule has 0 aliphatic carbocycles. The van der Waals surface area contributed by atoms with Gasteiger partial charge in [-0.2, -0.15) is 0 Å². The van der Waals surface area contributed by atoms with E-state index in [4.69, 9.17) is 4.74 Å². The molecule has 0 saturated heterocycles. The number of anilines is 3. The summed E-state index contributed by atoms with van der Waals surface area (Å²) in [4.78, 5) is 2.41. The molecule has 0 N–H and O–H groups in total. The fourth-order valence-electron chi connectivity index (χ4n) is 9.43. The molecular formula is C56H39N3O. The van der Waals surface area contributed by atoms with Crippen molar-refractivity contribution in [1.29, 1.82) is 0 Å². The van der Waals surface area contributed by atoms with E-state index < -0.39 is 0 Å². The first-order valence-corrected chi connectivity index (χ1v) is 20.7. The first-order valence-electron chi connectivity index (χ1n) is 20.7. The van der Waals surface area contributed by atoms with Crippen LogP contribution in [0.2, 0.25) is 0 Å². The van der Waals surface area contributed by atoms with E-state index in [9.17, 15) is 0 Å². The molecular weight excluding hydrogens is 731 g/mol. The van der Waals surface area contributed by atoms with Gasteiger partial charge in [0, 0.05) is 50.0 Å². The molecule has 0 radical (unpaired) electrons. The van der Waals surface area contributed by atoms with E-state index in [1.54, 1.807) is 0 Å². The summed E-state index contributed by atoms with van der Waals surface area (Å²) in [6, 6.07) is 71.0. The van der Waals surface area contributed by atoms with Crippen LogP contribution < -0.4 is 4.90 Å². The third kappa shape index (κ3) is 5.57. The van der Waals surface area contributed by atoms with Crippen molar-refractivity contribution in [2.45, 2.75) is 0 Å². The normalized spacial score (nSPS) is 13.2. The average Bonchev–Trinajstić information content (AvgIpc) is 3.65. The number of para-hydroxylation sites is 2. The molecule has 1 aliphatic heterocycles. The molecule has 284 valence electrons. The Morgan fingerprint density at radius 3 is 1.77 bits per heavy atom. The van der Waals surface area contributed by atoms with Crippen molar-refractivity contribution < 1.29 is 4.74 Å². The summed E-state index contributed by atoms with van der Waals surface area (Å²) in [6.45, 7) is 1.18. The molecule has 9 aromatic carbocycles. The van der Waals surface area contributed by atoms with Gasteiger partial charge in [0.25, 0.3) is 0 Å². The molecule has 0 amide bonds. The molecule has 60 heavy (non-hydrogen) atoms. The molecule has 0 saturated carbocycles. The molecule has 1 aliphatic rings. The minimum absolute atomic E-state index is 0.571. The Kier molecular flexibility index (Phi) is 8.03. The van der Waals surface area contributed by atoms with Crippen molar-refractivity contribution in [1.82, 2.24) is 9.13 Å². The minimum Gasteiger partial charge on any atom is -0.373 e. The predicted molar refractivity (Wildman–Crippen MR) is 253 cm³/mol. The first-order chi connectivity index (χ1) is 29.8. The molecule has 0 unspecified atom stereocenters. The molecule has 4 heteroatoms. The number of hydrogen-bond donors (Lipinski definition) is 0. The van der Waals surface area contributed by atoms with E-state index in [0.717, 1.165) is 34.0 Å². The summed E-state index contributed by atoms with van der Waals surface area (Å²) in [5, 5.41) is 9.80. The van der Waals surface area contributed by atoms with Crippen LogP contribution in [0, 0.1) is 0 Å². The van der Waals surface area contributed by atoms with E-state index in [2.05, 4.69) is 226 Å². The maximum absolute atomic E-state index is 5.82. The molecule has 11 aromatic rings. The second-order valence-corrected chi connectivity index (χ2v) is 15.6. The van der Waals surface area contributed by atoms with Gasteiger partial charge in [0.2, 0.25) is 0 Å². The van der Waals surface area contributed by atoms with E-state index in [1.165, 1.54) is 70.8 Å². The second kappa shape index (κ2) is 14.0. The number of hydrogen-bond acceptors (Lipinski definition) is 2. The van der Waals surface area contributed by atoms with Gasteiger partial charge in [0.15, 0.2) is 0 Å². The van der Waals surface area contributed by atoms with Crippen LogP contribution in [0.1, 0.15) is 0 Å². The highest BCUT2D eigenvalue weighted by molar-refractivity contribution is 6.20. The van der Waals surface area contributed by atoms with Crippen molar-refractivity contribution in [3.63, 3.8) is 0 Å². The van der Waals surface area contributed by atoms with E-state index in [0.29, 0.717) is 13.2 Å². The van der Waals surface area contributed by atoms with Crippen molar-refractivity contribution in [2.24, 2.45) is 0 Å². The zero-order chi connectivity index (χ0) is 39.6. The molecule has 0 bridgehead atoms. The van der Waals surface area contributed by atoms with Crippen LogP contribution in [0.25, 0.3) is 87.7 Å². The molecule has 0 fully saturated rings. The van der Waals surface area contributed by atoms with Gasteiger partial charge in [-0.15, -0.1) is 0 Å². The number of rotatable bonds is 6. The van der Waals surface area contributed by atoms with Crippen molar-refractivity contribution in [3.05, 3.63) is 212 Å². The first kappa shape index (κ1) is 34.4. The van der Waals surface area contributed by atoms with Gasteiger partial charge in [-0.1, -0.05) is 127 Å². The van der Waals surface area contributed by atoms with E-state index in [-0.39, 0.29) is 0 Å². The van der Waals surface area contributed by atoms with Gasteiger partial charge >= 0.3 is 0 Å². The third-order valence-corrected chi connectivity index (χ3v) is 12.2. The lowest BCUT2D eigenvalue weighted by Crippen LogP contribution is -2.10. The fraction of sp³-hybridized carbons (Fsp3) is 0.0357. The van der Waals surface area contributed by atoms with Crippen LogP contribution in [-0.4, -0.2) is 22.3 Å². The van der Waals surface area contributed by atoms with Gasteiger partial charge in [-0.05, 0) is 118 Å². The largest absolute Gasteiger partial charge is 0.373 e. The lowest BCUT2D eigenvalue weighted by Gasteiger charge is -2.26. The Bertz CT molecular complexity index is 3500.